The first kappa shape index (κ1) is 14.9. The smallest absolute Gasteiger partial charge is 0.269 e. The van der Waals surface area contributed by atoms with E-state index in [1.807, 2.05) is 0 Å². The summed E-state index contributed by atoms with van der Waals surface area (Å²) in [5, 5.41) is 10.5. The summed E-state index contributed by atoms with van der Waals surface area (Å²) in [7, 11) is -3.65. The summed E-state index contributed by atoms with van der Waals surface area (Å²) in [5.41, 5.74) is 5.69. The van der Waals surface area contributed by atoms with Crippen LogP contribution >= 0.6 is 0 Å². The second-order valence-electron chi connectivity index (χ2n) is 5.00. The Hall–Kier alpha value is -1.51. The van der Waals surface area contributed by atoms with Crippen molar-refractivity contribution in [3.63, 3.8) is 0 Å². The van der Waals surface area contributed by atoms with Crippen LogP contribution in [-0.4, -0.2) is 25.4 Å². The highest BCUT2D eigenvalue weighted by Gasteiger charge is 2.25. The van der Waals surface area contributed by atoms with E-state index < -0.39 is 14.9 Å². The molecule has 1 aliphatic rings. The van der Waals surface area contributed by atoms with Crippen LogP contribution in [0.3, 0.4) is 0 Å². The van der Waals surface area contributed by atoms with Crippen molar-refractivity contribution in [1.29, 1.82) is 0 Å². The van der Waals surface area contributed by atoms with Crippen molar-refractivity contribution in [2.45, 2.75) is 42.7 Å². The number of sulfonamides is 1. The van der Waals surface area contributed by atoms with Gasteiger partial charge in [-0.15, -0.1) is 0 Å². The van der Waals surface area contributed by atoms with Gasteiger partial charge in [0.15, 0.2) is 0 Å². The van der Waals surface area contributed by atoms with E-state index in [4.69, 9.17) is 5.73 Å². The number of rotatable bonds is 4. The van der Waals surface area contributed by atoms with Crippen LogP contribution in [0.4, 0.5) is 5.69 Å². The van der Waals surface area contributed by atoms with E-state index in [1.165, 1.54) is 24.3 Å². The average Bonchev–Trinajstić information content (AvgIpc) is 2.38. The summed E-state index contributed by atoms with van der Waals surface area (Å²) in [4.78, 5) is 10.0. The van der Waals surface area contributed by atoms with Crippen LogP contribution in [0.25, 0.3) is 0 Å². The zero-order valence-corrected chi connectivity index (χ0v) is 11.7. The van der Waals surface area contributed by atoms with E-state index in [1.54, 1.807) is 0 Å². The molecule has 110 valence electrons. The van der Waals surface area contributed by atoms with Gasteiger partial charge in [-0.05, 0) is 31.4 Å². The fourth-order valence-corrected chi connectivity index (χ4v) is 3.65. The predicted octanol–water partition coefficient (Wildman–Crippen LogP) is 1.14. The Morgan fingerprint density at radius 2 is 1.90 bits per heavy atom. The van der Waals surface area contributed by atoms with E-state index in [9.17, 15) is 18.5 Å². The first-order valence-electron chi connectivity index (χ1n) is 6.41. The van der Waals surface area contributed by atoms with Crippen LogP contribution in [0.15, 0.2) is 29.2 Å². The number of hydrogen-bond donors (Lipinski definition) is 2. The number of hydrogen-bond acceptors (Lipinski definition) is 5. The van der Waals surface area contributed by atoms with Gasteiger partial charge in [-0.25, -0.2) is 13.1 Å². The molecule has 8 heteroatoms. The van der Waals surface area contributed by atoms with Gasteiger partial charge in [-0.2, -0.15) is 0 Å². The van der Waals surface area contributed by atoms with Crippen molar-refractivity contribution in [2.24, 2.45) is 5.73 Å². The van der Waals surface area contributed by atoms with Gasteiger partial charge in [0, 0.05) is 24.2 Å². The lowest BCUT2D eigenvalue weighted by Gasteiger charge is -2.27. The second-order valence-corrected chi connectivity index (χ2v) is 6.71. The number of benzene rings is 1. The molecule has 1 aromatic carbocycles. The molecule has 0 bridgehead atoms. The second kappa shape index (κ2) is 5.86. The predicted molar refractivity (Wildman–Crippen MR) is 73.6 cm³/mol. The minimum Gasteiger partial charge on any atom is -0.328 e. The number of nitrogens with two attached hydrogens (primary N) is 1. The van der Waals surface area contributed by atoms with Crippen molar-refractivity contribution in [3.05, 3.63) is 34.4 Å². The molecule has 2 atom stereocenters. The maximum Gasteiger partial charge on any atom is 0.269 e. The molecular formula is C12H17N3O4S. The molecule has 0 unspecified atom stereocenters. The fourth-order valence-electron chi connectivity index (χ4n) is 2.37. The van der Waals surface area contributed by atoms with Crippen LogP contribution in [0.5, 0.6) is 0 Å². The van der Waals surface area contributed by atoms with Crippen LogP contribution in [0, 0.1) is 10.1 Å². The zero-order chi connectivity index (χ0) is 14.8. The van der Waals surface area contributed by atoms with Crippen molar-refractivity contribution in [1.82, 2.24) is 4.72 Å². The number of nitro benzene ring substituents is 1. The number of nitrogens with one attached hydrogen (secondary N) is 1. The van der Waals surface area contributed by atoms with Gasteiger partial charge in [0.25, 0.3) is 5.69 Å². The highest BCUT2D eigenvalue weighted by Crippen LogP contribution is 2.20. The quantitative estimate of drug-likeness (QED) is 0.639. The molecule has 1 fully saturated rings. The van der Waals surface area contributed by atoms with Crippen LogP contribution in [0.1, 0.15) is 25.7 Å². The Labute approximate surface area is 117 Å². The topological polar surface area (TPSA) is 115 Å². The summed E-state index contributed by atoms with van der Waals surface area (Å²) in [6, 6.07) is 4.70. The zero-order valence-electron chi connectivity index (χ0n) is 10.9. The van der Waals surface area contributed by atoms with Gasteiger partial charge in [0.05, 0.1) is 9.82 Å². The Balaban J connectivity index is 2.11. The van der Waals surface area contributed by atoms with E-state index in [-0.39, 0.29) is 22.7 Å². The molecule has 1 saturated carbocycles. The van der Waals surface area contributed by atoms with Gasteiger partial charge < -0.3 is 5.73 Å². The molecule has 1 aliphatic carbocycles. The maximum atomic E-state index is 12.2. The molecule has 0 heterocycles. The van der Waals surface area contributed by atoms with Crippen LogP contribution in [-0.2, 0) is 10.0 Å². The highest BCUT2D eigenvalue weighted by atomic mass is 32.2. The largest absolute Gasteiger partial charge is 0.328 e. The Bertz CT molecular complexity index is 585. The minimum atomic E-state index is -3.65. The van der Waals surface area contributed by atoms with E-state index in [0.29, 0.717) is 6.42 Å². The lowest BCUT2D eigenvalue weighted by atomic mass is 9.92. The summed E-state index contributed by atoms with van der Waals surface area (Å²) in [5.74, 6) is 0. The standard InChI is InChI=1S/C12H17N3O4S/c13-9-2-1-3-10(8-9)14-20(18,19)12-6-4-11(5-7-12)15(16)17/h4-7,9-10,14H,1-3,8,13H2/t9-,10-/m0/s1. The molecule has 0 aliphatic heterocycles. The summed E-state index contributed by atoms with van der Waals surface area (Å²) < 4.78 is 26.9. The van der Waals surface area contributed by atoms with Crippen LogP contribution in [0.2, 0.25) is 0 Å². The third-order valence-electron chi connectivity index (χ3n) is 3.39. The van der Waals surface area contributed by atoms with Gasteiger partial charge in [-0.1, -0.05) is 6.42 Å². The van der Waals surface area contributed by atoms with Crippen LogP contribution < -0.4 is 10.5 Å². The molecule has 20 heavy (non-hydrogen) atoms. The van der Waals surface area contributed by atoms with Gasteiger partial charge in [-0.3, -0.25) is 10.1 Å². The molecule has 1 aromatic rings. The Morgan fingerprint density at radius 1 is 1.25 bits per heavy atom. The Morgan fingerprint density at radius 3 is 2.45 bits per heavy atom. The van der Waals surface area contributed by atoms with Crippen molar-refractivity contribution < 1.29 is 13.3 Å². The summed E-state index contributed by atoms with van der Waals surface area (Å²) >= 11 is 0. The molecule has 0 aromatic heterocycles. The van der Waals surface area contributed by atoms with E-state index >= 15 is 0 Å². The fraction of sp³-hybridized carbons (Fsp3) is 0.500. The highest BCUT2D eigenvalue weighted by molar-refractivity contribution is 7.89. The van der Waals surface area contributed by atoms with Crippen molar-refractivity contribution in [2.75, 3.05) is 0 Å². The third-order valence-corrected chi connectivity index (χ3v) is 4.93. The molecule has 0 saturated heterocycles. The first-order chi connectivity index (χ1) is 9.38. The van der Waals surface area contributed by atoms with Gasteiger partial charge in [0.1, 0.15) is 0 Å². The average molecular weight is 299 g/mol. The normalized spacial score (nSPS) is 23.4. The van der Waals surface area contributed by atoms with Crippen molar-refractivity contribution >= 4 is 15.7 Å². The molecule has 0 spiro atoms. The molecule has 2 rings (SSSR count). The summed E-state index contributed by atoms with van der Waals surface area (Å²) in [6.07, 6.45) is 3.19. The summed E-state index contributed by atoms with van der Waals surface area (Å²) in [6.45, 7) is 0. The minimum absolute atomic E-state index is 0.0216. The molecule has 0 amide bonds. The van der Waals surface area contributed by atoms with E-state index in [0.717, 1.165) is 19.3 Å². The van der Waals surface area contributed by atoms with E-state index in [2.05, 4.69) is 4.72 Å². The molecule has 3 N–H and O–H groups in total. The lowest BCUT2D eigenvalue weighted by Crippen LogP contribution is -2.42. The van der Waals surface area contributed by atoms with Crippen molar-refractivity contribution in [3.8, 4) is 0 Å². The SMILES string of the molecule is N[C@H]1CCC[C@H](NS(=O)(=O)c2ccc([N+](=O)[O-])cc2)C1. The number of nitrogens with zero attached hydrogens (tertiary/aromatic N) is 1. The molecule has 0 radical (unpaired) electrons. The Kier molecular flexibility index (Phi) is 4.36. The number of non-ortho nitro benzene ring substituents is 1. The monoisotopic (exact) mass is 299 g/mol. The first-order valence-corrected chi connectivity index (χ1v) is 7.89. The van der Waals surface area contributed by atoms with Gasteiger partial charge in [0.2, 0.25) is 10.0 Å². The molecular weight excluding hydrogens is 282 g/mol. The lowest BCUT2D eigenvalue weighted by molar-refractivity contribution is -0.384. The maximum absolute atomic E-state index is 12.2. The number of nitro groups is 1. The molecule has 7 nitrogen and oxygen atoms in total. The van der Waals surface area contributed by atoms with Gasteiger partial charge >= 0.3 is 0 Å². The third kappa shape index (κ3) is 3.53.